The molecule has 2 fully saturated rings. The quantitative estimate of drug-likeness (QED) is 0.0582. The van der Waals surface area contributed by atoms with Crippen LogP contribution in [-0.2, 0) is 19.1 Å². The number of rotatable bonds is 22. The molecule has 2 rings (SSSR count). The first-order valence-electron chi connectivity index (χ1n) is 17.7. The van der Waals surface area contributed by atoms with Gasteiger partial charge in [0.25, 0.3) is 0 Å². The van der Waals surface area contributed by atoms with Crippen molar-refractivity contribution in [1.29, 1.82) is 0 Å². The molecular formula is C34H62O13. The second-order valence-corrected chi connectivity index (χ2v) is 13.9. The summed E-state index contributed by atoms with van der Waals surface area (Å²) in [6.07, 6.45) is -4.31. The number of carbonyl (C=O) groups excluding carboxylic acids is 1. The molecule has 2 heterocycles. The summed E-state index contributed by atoms with van der Waals surface area (Å²) in [4.78, 5) is 24.4. The molecule has 13 atom stereocenters. The molecular weight excluding hydrogens is 616 g/mol. The maximum Gasteiger partial charge on any atom is 0.316 e. The van der Waals surface area contributed by atoms with Crippen LogP contribution >= 0.6 is 0 Å². The van der Waals surface area contributed by atoms with Crippen LogP contribution < -0.4 is 0 Å². The Labute approximate surface area is 278 Å². The molecule has 0 spiro atoms. The van der Waals surface area contributed by atoms with Crippen LogP contribution in [0.3, 0.4) is 0 Å². The minimum Gasteiger partial charge on any atom is -0.481 e. The number of ether oxygens (including phenoxy) is 2. The molecule has 13 heteroatoms. The molecule has 2 aliphatic heterocycles. The lowest BCUT2D eigenvalue weighted by Gasteiger charge is -2.55. The predicted molar refractivity (Wildman–Crippen MR) is 171 cm³/mol. The maximum atomic E-state index is 12.7. The van der Waals surface area contributed by atoms with Gasteiger partial charge in [-0.1, -0.05) is 84.0 Å². The topological polar surface area (TPSA) is 235 Å². The third-order valence-corrected chi connectivity index (χ3v) is 10.0. The Hall–Kier alpha value is -1.26. The molecule has 0 radical (unpaired) electrons. The minimum absolute atomic E-state index is 0.106. The summed E-state index contributed by atoms with van der Waals surface area (Å²) >= 11 is 0. The van der Waals surface area contributed by atoms with Crippen molar-refractivity contribution < 1.29 is 65.0 Å². The van der Waals surface area contributed by atoms with Crippen molar-refractivity contribution in [2.45, 2.75) is 196 Å². The van der Waals surface area contributed by atoms with Gasteiger partial charge < -0.3 is 55.4 Å². The fraction of sp³-hybridized carbons (Fsp3) is 0.941. The summed E-state index contributed by atoms with van der Waals surface area (Å²) in [5.74, 6) is -3.63. The van der Waals surface area contributed by atoms with Gasteiger partial charge in [0, 0.05) is 6.42 Å². The van der Waals surface area contributed by atoms with E-state index >= 15 is 0 Å². The average molecular weight is 679 g/mol. The van der Waals surface area contributed by atoms with Gasteiger partial charge in [-0.2, -0.15) is 0 Å². The highest BCUT2D eigenvalue weighted by atomic mass is 16.6. The van der Waals surface area contributed by atoms with Crippen LogP contribution in [0.15, 0.2) is 0 Å². The van der Waals surface area contributed by atoms with Crippen molar-refractivity contribution >= 4 is 11.8 Å². The van der Waals surface area contributed by atoms with E-state index in [0.29, 0.717) is 38.5 Å². The highest BCUT2D eigenvalue weighted by Gasteiger charge is 2.61. The van der Waals surface area contributed by atoms with Gasteiger partial charge >= 0.3 is 5.97 Å². The number of carbonyl (C=O) groups is 2. The number of carboxylic acid groups (broad SMARTS) is 1. The van der Waals surface area contributed by atoms with E-state index in [4.69, 9.17) is 9.47 Å². The van der Waals surface area contributed by atoms with E-state index < -0.39 is 90.4 Å². The molecule has 0 aromatic carbocycles. The number of hydrogen-bond donors (Lipinski definition) is 9. The average Bonchev–Trinajstić information content (AvgIpc) is 3.02. The van der Waals surface area contributed by atoms with E-state index in [-0.39, 0.29) is 25.7 Å². The Morgan fingerprint density at radius 1 is 0.681 bits per heavy atom. The number of unbranched alkanes of at least 4 members (excludes halogenated alkanes) is 10. The lowest BCUT2D eigenvalue weighted by molar-refractivity contribution is -0.336. The normalized spacial score (nSPS) is 34.9. The van der Waals surface area contributed by atoms with Crippen molar-refractivity contribution in [2.24, 2.45) is 5.92 Å². The Balaban J connectivity index is 1.81. The van der Waals surface area contributed by atoms with Gasteiger partial charge in [0.1, 0.15) is 54.2 Å². The third-order valence-electron chi connectivity index (χ3n) is 10.0. The number of aliphatic hydroxyl groups is 8. The Morgan fingerprint density at radius 3 is 1.81 bits per heavy atom. The zero-order valence-corrected chi connectivity index (χ0v) is 28.4. The van der Waals surface area contributed by atoms with Gasteiger partial charge in [-0.3, -0.25) is 9.59 Å². The van der Waals surface area contributed by atoms with Crippen molar-refractivity contribution in [1.82, 2.24) is 0 Å². The van der Waals surface area contributed by atoms with Gasteiger partial charge in [0.2, 0.25) is 0 Å². The molecule has 276 valence electrons. The first-order chi connectivity index (χ1) is 22.2. The van der Waals surface area contributed by atoms with Crippen LogP contribution in [-0.4, -0.2) is 130 Å². The summed E-state index contributed by atoms with van der Waals surface area (Å²) in [7, 11) is 0. The third kappa shape index (κ3) is 11.7. The molecule has 0 amide bonds. The second-order valence-electron chi connectivity index (χ2n) is 13.9. The van der Waals surface area contributed by atoms with Gasteiger partial charge in [0.15, 0.2) is 5.78 Å². The predicted octanol–water partition coefficient (Wildman–Crippen LogP) is 1.35. The molecule has 47 heavy (non-hydrogen) atoms. The standard InChI is InChI=1S/C34H62O13/c1-4-5-6-7-8-11-14-17-23(36)25(33(44)45)24(37)19-22(35)16-13-10-9-12-15-18-34(31(43)29(41)27(39)21(3)47-34)32-30(42)28(40)26(38)20(2)46-32/h20-23,25-32,35-36,38-43H,4-19H2,1-3H3,(H,44,45)/t20-,21-,22?,23?,25?,26-,27-,28+,29+,30+,31+,32?,34?/m0/s1. The summed E-state index contributed by atoms with van der Waals surface area (Å²) < 4.78 is 11.9. The van der Waals surface area contributed by atoms with Gasteiger partial charge in [-0.15, -0.1) is 0 Å². The van der Waals surface area contributed by atoms with E-state index in [1.165, 1.54) is 20.3 Å². The Kier molecular flexibility index (Phi) is 18.2. The molecule has 0 saturated carbocycles. The molecule has 2 saturated heterocycles. The van der Waals surface area contributed by atoms with E-state index in [1.807, 2.05) is 0 Å². The molecule has 0 aliphatic carbocycles. The molecule has 9 N–H and O–H groups in total. The number of ketones is 1. The van der Waals surface area contributed by atoms with Gasteiger partial charge in [-0.25, -0.2) is 0 Å². The van der Waals surface area contributed by atoms with Crippen LogP contribution in [0.25, 0.3) is 0 Å². The van der Waals surface area contributed by atoms with Crippen molar-refractivity contribution in [3.05, 3.63) is 0 Å². The van der Waals surface area contributed by atoms with Crippen molar-refractivity contribution in [3.63, 3.8) is 0 Å². The molecule has 0 bridgehead atoms. The van der Waals surface area contributed by atoms with Crippen molar-refractivity contribution in [3.8, 4) is 0 Å². The highest BCUT2D eigenvalue weighted by Crippen LogP contribution is 2.42. The lowest BCUT2D eigenvalue weighted by atomic mass is 9.73. The van der Waals surface area contributed by atoms with Gasteiger partial charge in [-0.05, 0) is 33.1 Å². The number of aliphatic hydroxyl groups excluding tert-OH is 8. The summed E-state index contributed by atoms with van der Waals surface area (Å²) in [6.45, 7) is 5.17. The van der Waals surface area contributed by atoms with Crippen LogP contribution in [0.4, 0.5) is 0 Å². The molecule has 13 nitrogen and oxygen atoms in total. The number of aliphatic carboxylic acids is 1. The first kappa shape index (κ1) is 41.9. The molecule has 0 aromatic rings. The van der Waals surface area contributed by atoms with E-state index in [1.54, 1.807) is 0 Å². The fourth-order valence-corrected chi connectivity index (χ4v) is 7.05. The number of carboxylic acids is 1. The Bertz CT molecular complexity index is 920. The monoisotopic (exact) mass is 678 g/mol. The Morgan fingerprint density at radius 2 is 1.21 bits per heavy atom. The van der Waals surface area contributed by atoms with E-state index in [2.05, 4.69) is 6.92 Å². The van der Waals surface area contributed by atoms with Crippen LogP contribution in [0.1, 0.15) is 124 Å². The molecule has 2 aliphatic rings. The maximum absolute atomic E-state index is 12.7. The highest BCUT2D eigenvalue weighted by molar-refractivity contribution is 5.99. The summed E-state index contributed by atoms with van der Waals surface area (Å²) in [5.41, 5.74) is -1.68. The number of hydrogen-bond acceptors (Lipinski definition) is 12. The summed E-state index contributed by atoms with van der Waals surface area (Å²) in [5, 5.41) is 93.7. The van der Waals surface area contributed by atoms with E-state index in [0.717, 1.165) is 32.1 Å². The zero-order valence-electron chi connectivity index (χ0n) is 28.4. The van der Waals surface area contributed by atoms with Crippen LogP contribution in [0, 0.1) is 5.92 Å². The number of Topliss-reactive ketones (excluding diaryl/α,β-unsaturated/α-hetero) is 1. The zero-order chi connectivity index (χ0) is 35.3. The van der Waals surface area contributed by atoms with Crippen LogP contribution in [0.5, 0.6) is 0 Å². The first-order valence-corrected chi connectivity index (χ1v) is 17.7. The molecule has 0 aromatic heterocycles. The fourth-order valence-electron chi connectivity index (χ4n) is 7.05. The lowest BCUT2D eigenvalue weighted by Crippen LogP contribution is -2.73. The molecule has 5 unspecified atom stereocenters. The smallest absolute Gasteiger partial charge is 0.316 e. The second kappa shape index (κ2) is 20.4. The minimum atomic E-state index is -1.68. The van der Waals surface area contributed by atoms with Crippen LogP contribution in [0.2, 0.25) is 0 Å². The largest absolute Gasteiger partial charge is 0.481 e. The SMILES string of the molecule is CCCCCCCCCC(O)C(C(=O)O)C(=O)CC(O)CCCCCCCC1(C2O[C@@H](C)[C@H](O)[C@@H](O)[C@H]2O)O[C@@H](C)[C@H](O)[C@@H](O)[C@H]1O. The van der Waals surface area contributed by atoms with Gasteiger partial charge in [0.05, 0.1) is 24.4 Å². The van der Waals surface area contributed by atoms with Crippen molar-refractivity contribution in [2.75, 3.05) is 0 Å². The summed E-state index contributed by atoms with van der Waals surface area (Å²) in [6, 6.07) is 0. The van der Waals surface area contributed by atoms with E-state index in [9.17, 15) is 55.5 Å².